The first-order valence-corrected chi connectivity index (χ1v) is 8.01. The minimum Gasteiger partial charge on any atom is -0.445 e. The van der Waals surface area contributed by atoms with Crippen molar-refractivity contribution in [2.75, 3.05) is 32.9 Å². The molecule has 1 heterocycles. The fraction of sp³-hybridized carbons (Fsp3) is 0.588. The van der Waals surface area contributed by atoms with Gasteiger partial charge in [-0.05, 0) is 43.8 Å². The third-order valence-electron chi connectivity index (χ3n) is 4.14. The Morgan fingerprint density at radius 1 is 1.27 bits per heavy atom. The molecule has 0 radical (unpaired) electrons. The molecule has 0 saturated carbocycles. The Morgan fingerprint density at radius 3 is 2.68 bits per heavy atom. The van der Waals surface area contributed by atoms with E-state index in [-0.39, 0.29) is 12.8 Å². The zero-order chi connectivity index (χ0) is 15.6. The van der Waals surface area contributed by atoms with Crippen LogP contribution >= 0.6 is 0 Å². The molecule has 5 heteroatoms. The Hall–Kier alpha value is -1.62. The number of rotatable bonds is 7. The molecule has 0 unspecified atom stereocenters. The van der Waals surface area contributed by atoms with Crippen LogP contribution in [0.2, 0.25) is 0 Å². The molecule has 0 bridgehead atoms. The van der Waals surface area contributed by atoms with Crippen molar-refractivity contribution < 1.29 is 13.9 Å². The van der Waals surface area contributed by atoms with Gasteiger partial charge in [-0.15, -0.1) is 0 Å². The lowest BCUT2D eigenvalue weighted by Gasteiger charge is -2.31. The van der Waals surface area contributed by atoms with Crippen molar-refractivity contribution in [3.05, 3.63) is 35.9 Å². The van der Waals surface area contributed by atoms with Crippen LogP contribution in [0.3, 0.4) is 0 Å². The number of hydrogen-bond donors (Lipinski definition) is 1. The predicted molar refractivity (Wildman–Crippen MR) is 84.4 cm³/mol. The van der Waals surface area contributed by atoms with E-state index in [4.69, 9.17) is 4.74 Å². The fourth-order valence-corrected chi connectivity index (χ4v) is 2.77. The largest absolute Gasteiger partial charge is 0.445 e. The van der Waals surface area contributed by atoms with Gasteiger partial charge in [0.25, 0.3) is 0 Å². The average Bonchev–Trinajstić information content (AvgIpc) is 2.56. The van der Waals surface area contributed by atoms with Gasteiger partial charge in [0.05, 0.1) is 0 Å². The number of nitrogens with zero attached hydrogens (tertiary/aromatic N) is 1. The summed E-state index contributed by atoms with van der Waals surface area (Å²) in [7, 11) is 0. The van der Waals surface area contributed by atoms with Crippen molar-refractivity contribution in [1.82, 2.24) is 10.2 Å². The summed E-state index contributed by atoms with van der Waals surface area (Å²) in [6.07, 6.45) is 2.77. The standard InChI is InChI=1S/C17H25FN2O2/c18-9-13-20-11-7-15(8-12-20)6-10-19-17(21)22-14-16-4-2-1-3-5-16/h1-5,15H,6-14H2,(H,19,21). The summed E-state index contributed by atoms with van der Waals surface area (Å²) >= 11 is 0. The van der Waals surface area contributed by atoms with Crippen LogP contribution in [0.25, 0.3) is 0 Å². The minimum absolute atomic E-state index is 0.264. The van der Waals surface area contributed by atoms with E-state index in [2.05, 4.69) is 10.2 Å². The van der Waals surface area contributed by atoms with E-state index in [9.17, 15) is 9.18 Å². The van der Waals surface area contributed by atoms with Gasteiger partial charge in [-0.2, -0.15) is 0 Å². The molecule has 2 rings (SSSR count). The Labute approximate surface area is 131 Å². The highest BCUT2D eigenvalue weighted by Crippen LogP contribution is 2.19. The van der Waals surface area contributed by atoms with Crippen LogP contribution in [0.15, 0.2) is 30.3 Å². The number of carbonyl (C=O) groups excluding carboxylic acids is 1. The van der Waals surface area contributed by atoms with E-state index in [0.29, 0.717) is 25.6 Å². The highest BCUT2D eigenvalue weighted by molar-refractivity contribution is 5.67. The average molecular weight is 308 g/mol. The molecule has 1 aromatic carbocycles. The molecule has 1 saturated heterocycles. The number of carbonyl (C=O) groups is 1. The van der Waals surface area contributed by atoms with Gasteiger partial charge in [0.15, 0.2) is 0 Å². The molecular formula is C17H25FN2O2. The van der Waals surface area contributed by atoms with Gasteiger partial charge in [0.1, 0.15) is 13.3 Å². The van der Waals surface area contributed by atoms with Crippen LogP contribution in [0, 0.1) is 5.92 Å². The maximum Gasteiger partial charge on any atom is 0.407 e. The smallest absolute Gasteiger partial charge is 0.407 e. The van der Waals surface area contributed by atoms with E-state index < -0.39 is 0 Å². The molecule has 0 aromatic heterocycles. The van der Waals surface area contributed by atoms with E-state index in [1.54, 1.807) is 0 Å². The van der Waals surface area contributed by atoms with Crippen molar-refractivity contribution in [3.63, 3.8) is 0 Å². The maximum atomic E-state index is 12.3. The molecule has 1 aliphatic heterocycles. The van der Waals surface area contributed by atoms with Gasteiger partial charge < -0.3 is 15.0 Å². The summed E-state index contributed by atoms with van der Waals surface area (Å²) < 4.78 is 17.4. The van der Waals surface area contributed by atoms with Crippen LogP contribution < -0.4 is 5.32 Å². The molecule has 1 N–H and O–H groups in total. The number of nitrogens with one attached hydrogen (secondary N) is 1. The van der Waals surface area contributed by atoms with Gasteiger partial charge in [0.2, 0.25) is 0 Å². The van der Waals surface area contributed by atoms with E-state index >= 15 is 0 Å². The monoisotopic (exact) mass is 308 g/mol. The second kappa shape index (κ2) is 9.41. The number of alkyl halides is 1. The summed E-state index contributed by atoms with van der Waals surface area (Å²) in [5.41, 5.74) is 0.984. The number of benzene rings is 1. The number of ether oxygens (including phenoxy) is 1. The molecule has 122 valence electrons. The number of likely N-dealkylation sites (tertiary alicyclic amines) is 1. The maximum absolute atomic E-state index is 12.3. The lowest BCUT2D eigenvalue weighted by Crippen LogP contribution is -2.36. The summed E-state index contributed by atoms with van der Waals surface area (Å²) in [4.78, 5) is 13.8. The Kier molecular flexibility index (Phi) is 7.16. The zero-order valence-electron chi connectivity index (χ0n) is 13.0. The molecule has 1 aromatic rings. The number of hydrogen-bond acceptors (Lipinski definition) is 3. The molecule has 1 aliphatic rings. The summed E-state index contributed by atoms with van der Waals surface area (Å²) in [6.45, 7) is 3.16. The van der Waals surface area contributed by atoms with Crippen molar-refractivity contribution >= 4 is 6.09 Å². The van der Waals surface area contributed by atoms with Gasteiger partial charge in [-0.1, -0.05) is 30.3 Å². The molecule has 1 fully saturated rings. The number of amides is 1. The summed E-state index contributed by atoms with van der Waals surface area (Å²) in [5.74, 6) is 0.616. The lowest BCUT2D eigenvalue weighted by atomic mass is 9.93. The third kappa shape index (κ3) is 6.02. The number of alkyl carbamates (subject to hydrolysis) is 1. The summed E-state index contributed by atoms with van der Waals surface area (Å²) in [5, 5.41) is 2.80. The Bertz CT molecular complexity index is 434. The molecule has 4 nitrogen and oxygen atoms in total. The first-order chi connectivity index (χ1) is 10.8. The third-order valence-corrected chi connectivity index (χ3v) is 4.14. The van der Waals surface area contributed by atoms with E-state index in [0.717, 1.165) is 37.9 Å². The highest BCUT2D eigenvalue weighted by Gasteiger charge is 2.18. The van der Waals surface area contributed by atoms with Crippen LogP contribution in [-0.4, -0.2) is 43.8 Å². The topological polar surface area (TPSA) is 41.6 Å². The predicted octanol–water partition coefficient (Wildman–Crippen LogP) is 2.98. The van der Waals surface area contributed by atoms with Crippen molar-refractivity contribution in [2.45, 2.75) is 25.9 Å². The van der Waals surface area contributed by atoms with Gasteiger partial charge in [0, 0.05) is 13.1 Å². The second-order valence-corrected chi connectivity index (χ2v) is 5.75. The van der Waals surface area contributed by atoms with Gasteiger partial charge >= 0.3 is 6.09 Å². The summed E-state index contributed by atoms with van der Waals surface area (Å²) in [6, 6.07) is 9.64. The molecule has 0 atom stereocenters. The van der Waals surface area contributed by atoms with Crippen molar-refractivity contribution in [2.24, 2.45) is 5.92 Å². The quantitative estimate of drug-likeness (QED) is 0.842. The molecule has 0 spiro atoms. The molecule has 1 amide bonds. The molecular weight excluding hydrogens is 283 g/mol. The molecule has 22 heavy (non-hydrogen) atoms. The van der Waals surface area contributed by atoms with E-state index in [1.807, 2.05) is 30.3 Å². The van der Waals surface area contributed by atoms with Crippen LogP contribution in [0.5, 0.6) is 0 Å². The highest BCUT2D eigenvalue weighted by atomic mass is 19.1. The first-order valence-electron chi connectivity index (χ1n) is 8.01. The first kappa shape index (κ1) is 16.7. The zero-order valence-corrected chi connectivity index (χ0v) is 13.0. The minimum atomic E-state index is -0.362. The SMILES string of the molecule is O=C(NCCC1CCN(CCF)CC1)OCc1ccccc1. The Morgan fingerprint density at radius 2 is 2.00 bits per heavy atom. The Balaban J connectivity index is 1.54. The lowest BCUT2D eigenvalue weighted by molar-refractivity contribution is 0.136. The van der Waals surface area contributed by atoms with Crippen molar-refractivity contribution in [3.8, 4) is 0 Å². The second-order valence-electron chi connectivity index (χ2n) is 5.75. The normalized spacial score (nSPS) is 16.4. The van der Waals surface area contributed by atoms with Crippen LogP contribution in [-0.2, 0) is 11.3 Å². The number of halogens is 1. The van der Waals surface area contributed by atoms with Gasteiger partial charge in [-0.3, -0.25) is 0 Å². The van der Waals surface area contributed by atoms with Gasteiger partial charge in [-0.25, -0.2) is 9.18 Å². The fourth-order valence-electron chi connectivity index (χ4n) is 2.77. The van der Waals surface area contributed by atoms with Crippen LogP contribution in [0.4, 0.5) is 9.18 Å². The number of piperidine rings is 1. The van der Waals surface area contributed by atoms with E-state index in [1.165, 1.54) is 0 Å². The van der Waals surface area contributed by atoms with Crippen molar-refractivity contribution in [1.29, 1.82) is 0 Å². The van der Waals surface area contributed by atoms with Crippen LogP contribution in [0.1, 0.15) is 24.8 Å². The molecule has 0 aliphatic carbocycles.